The molecule has 1 aromatic heterocycles. The molecule has 0 spiro atoms. The Morgan fingerprint density at radius 2 is 2.12 bits per heavy atom. The number of nitrogens with zero attached hydrogens (tertiary/aromatic N) is 3. The molecule has 0 atom stereocenters. The molecule has 0 fully saturated rings. The summed E-state index contributed by atoms with van der Waals surface area (Å²) in [5.41, 5.74) is 1.61. The first-order chi connectivity index (χ1) is 7.69. The molecule has 1 heterocycles. The van der Waals surface area contributed by atoms with Gasteiger partial charge in [-0.15, -0.1) is 0 Å². The predicted octanol–water partition coefficient (Wildman–Crippen LogP) is 2.89. The van der Waals surface area contributed by atoms with Crippen LogP contribution in [0.3, 0.4) is 0 Å². The van der Waals surface area contributed by atoms with Crippen LogP contribution < -0.4 is 4.90 Å². The minimum atomic E-state index is 0.657. The number of nitriles is 1. The number of hydrogen-bond acceptors (Lipinski definition) is 3. The summed E-state index contributed by atoms with van der Waals surface area (Å²) in [4.78, 5) is 6.50. The molecule has 3 heteroatoms. The highest BCUT2D eigenvalue weighted by atomic mass is 15.2. The Morgan fingerprint density at radius 1 is 1.38 bits per heavy atom. The van der Waals surface area contributed by atoms with Gasteiger partial charge in [-0.05, 0) is 25.5 Å². The maximum Gasteiger partial charge on any atom is 0.146 e. The second-order valence-corrected chi connectivity index (χ2v) is 4.06. The number of rotatable bonds is 5. The minimum Gasteiger partial charge on any atom is -0.359 e. The molecule has 0 amide bonds. The fraction of sp³-hybridized carbons (Fsp3) is 0.538. The number of pyridine rings is 1. The summed E-state index contributed by atoms with van der Waals surface area (Å²) in [7, 11) is 2.00. The fourth-order valence-corrected chi connectivity index (χ4v) is 1.63. The maximum absolute atomic E-state index is 9.01. The highest BCUT2D eigenvalue weighted by Crippen LogP contribution is 2.16. The molecule has 86 valence electrons. The van der Waals surface area contributed by atoms with Crippen LogP contribution in [0.2, 0.25) is 0 Å². The molecule has 1 rings (SSSR count). The Balaban J connectivity index is 2.77. The maximum atomic E-state index is 9.01. The summed E-state index contributed by atoms with van der Waals surface area (Å²) in [6, 6.07) is 5.91. The normalized spacial score (nSPS) is 9.88. The zero-order valence-corrected chi connectivity index (χ0v) is 10.3. The fourth-order valence-electron chi connectivity index (χ4n) is 1.63. The molecular weight excluding hydrogens is 198 g/mol. The molecule has 0 aliphatic carbocycles. The molecule has 0 aliphatic heterocycles. The second-order valence-electron chi connectivity index (χ2n) is 4.06. The first kappa shape index (κ1) is 12.5. The van der Waals surface area contributed by atoms with Gasteiger partial charge in [0.1, 0.15) is 11.9 Å². The monoisotopic (exact) mass is 217 g/mol. The van der Waals surface area contributed by atoms with Crippen molar-refractivity contribution in [3.8, 4) is 6.07 Å². The number of unbranched alkanes of at least 4 members (excludes halogenated alkanes) is 2. The zero-order chi connectivity index (χ0) is 12.0. The van der Waals surface area contributed by atoms with Gasteiger partial charge in [0.2, 0.25) is 0 Å². The van der Waals surface area contributed by atoms with Crippen molar-refractivity contribution in [1.82, 2.24) is 4.98 Å². The van der Waals surface area contributed by atoms with E-state index in [2.05, 4.69) is 22.9 Å². The van der Waals surface area contributed by atoms with Gasteiger partial charge in [-0.3, -0.25) is 0 Å². The molecule has 0 saturated heterocycles. The summed E-state index contributed by atoms with van der Waals surface area (Å²) in [6.45, 7) is 5.09. The molecule has 0 saturated carbocycles. The highest BCUT2D eigenvalue weighted by Gasteiger charge is 2.08. The van der Waals surface area contributed by atoms with Crippen molar-refractivity contribution in [2.45, 2.75) is 33.1 Å². The van der Waals surface area contributed by atoms with Crippen molar-refractivity contribution in [3.05, 3.63) is 23.4 Å². The van der Waals surface area contributed by atoms with E-state index in [1.807, 2.05) is 26.1 Å². The van der Waals surface area contributed by atoms with Gasteiger partial charge in [-0.1, -0.05) is 19.8 Å². The standard InChI is InChI=1S/C13H19N3/c1-4-5-6-9-16(3)13-12(10-14)8-7-11(2)15-13/h7-8H,4-6,9H2,1-3H3. The van der Waals surface area contributed by atoms with Gasteiger partial charge in [0.05, 0.1) is 5.56 Å². The van der Waals surface area contributed by atoms with E-state index in [9.17, 15) is 0 Å². The van der Waals surface area contributed by atoms with Gasteiger partial charge in [0.15, 0.2) is 0 Å². The van der Waals surface area contributed by atoms with E-state index in [-0.39, 0.29) is 0 Å². The molecule has 16 heavy (non-hydrogen) atoms. The Morgan fingerprint density at radius 3 is 2.75 bits per heavy atom. The van der Waals surface area contributed by atoms with Gasteiger partial charge < -0.3 is 4.90 Å². The highest BCUT2D eigenvalue weighted by molar-refractivity contribution is 5.53. The SMILES string of the molecule is CCCCCN(C)c1nc(C)ccc1C#N. The second kappa shape index (κ2) is 6.12. The number of hydrogen-bond donors (Lipinski definition) is 0. The Labute approximate surface area is 97.7 Å². The summed E-state index contributed by atoms with van der Waals surface area (Å²) in [5.74, 6) is 0.804. The number of aryl methyl sites for hydroxylation is 1. The van der Waals surface area contributed by atoms with E-state index in [0.717, 1.165) is 24.5 Å². The molecule has 0 unspecified atom stereocenters. The van der Waals surface area contributed by atoms with Gasteiger partial charge in [0.25, 0.3) is 0 Å². The molecular formula is C13H19N3. The van der Waals surface area contributed by atoms with Gasteiger partial charge in [0, 0.05) is 19.3 Å². The van der Waals surface area contributed by atoms with Crippen molar-refractivity contribution in [3.63, 3.8) is 0 Å². The lowest BCUT2D eigenvalue weighted by Gasteiger charge is -2.19. The molecule has 1 aromatic rings. The van der Waals surface area contributed by atoms with Gasteiger partial charge in [-0.2, -0.15) is 5.26 Å². The molecule has 0 radical (unpaired) electrons. The van der Waals surface area contributed by atoms with E-state index in [1.54, 1.807) is 0 Å². The lowest BCUT2D eigenvalue weighted by molar-refractivity contribution is 0.700. The van der Waals surface area contributed by atoms with Crippen LogP contribution in [0.5, 0.6) is 0 Å². The first-order valence-electron chi connectivity index (χ1n) is 5.78. The van der Waals surface area contributed by atoms with Crippen LogP contribution in [0, 0.1) is 18.3 Å². The predicted molar refractivity (Wildman–Crippen MR) is 66.5 cm³/mol. The Kier molecular flexibility index (Phi) is 4.78. The van der Waals surface area contributed by atoms with Crippen LogP contribution in [0.15, 0.2) is 12.1 Å². The summed E-state index contributed by atoms with van der Waals surface area (Å²) in [6.07, 6.45) is 3.58. The van der Waals surface area contributed by atoms with E-state index < -0.39 is 0 Å². The number of anilines is 1. The van der Waals surface area contributed by atoms with Crippen molar-refractivity contribution < 1.29 is 0 Å². The lowest BCUT2D eigenvalue weighted by Crippen LogP contribution is -2.21. The van der Waals surface area contributed by atoms with E-state index in [0.29, 0.717) is 5.56 Å². The molecule has 0 bridgehead atoms. The van der Waals surface area contributed by atoms with E-state index >= 15 is 0 Å². The van der Waals surface area contributed by atoms with Crippen LogP contribution in [0.1, 0.15) is 37.4 Å². The average Bonchev–Trinajstić information content (AvgIpc) is 2.29. The summed E-state index contributed by atoms with van der Waals surface area (Å²) in [5, 5.41) is 9.01. The minimum absolute atomic E-state index is 0.657. The number of aromatic nitrogens is 1. The quantitative estimate of drug-likeness (QED) is 0.712. The van der Waals surface area contributed by atoms with Gasteiger partial charge in [-0.25, -0.2) is 4.98 Å². The third kappa shape index (κ3) is 3.23. The van der Waals surface area contributed by atoms with E-state index in [4.69, 9.17) is 5.26 Å². The molecule has 3 nitrogen and oxygen atoms in total. The smallest absolute Gasteiger partial charge is 0.146 e. The van der Waals surface area contributed by atoms with Crippen LogP contribution in [-0.4, -0.2) is 18.6 Å². The van der Waals surface area contributed by atoms with Crippen molar-refractivity contribution >= 4 is 5.82 Å². The van der Waals surface area contributed by atoms with Crippen LogP contribution in [-0.2, 0) is 0 Å². The Hall–Kier alpha value is -1.56. The first-order valence-corrected chi connectivity index (χ1v) is 5.78. The van der Waals surface area contributed by atoms with Crippen molar-refractivity contribution in [1.29, 1.82) is 5.26 Å². The van der Waals surface area contributed by atoms with Gasteiger partial charge >= 0.3 is 0 Å². The topological polar surface area (TPSA) is 39.9 Å². The third-order valence-electron chi connectivity index (χ3n) is 2.59. The molecule has 0 N–H and O–H groups in total. The molecule has 0 aliphatic rings. The van der Waals surface area contributed by atoms with Crippen LogP contribution >= 0.6 is 0 Å². The summed E-state index contributed by atoms with van der Waals surface area (Å²) < 4.78 is 0. The van der Waals surface area contributed by atoms with E-state index in [1.165, 1.54) is 12.8 Å². The van der Waals surface area contributed by atoms with Crippen molar-refractivity contribution in [2.75, 3.05) is 18.5 Å². The average molecular weight is 217 g/mol. The summed E-state index contributed by atoms with van der Waals surface area (Å²) >= 11 is 0. The zero-order valence-electron chi connectivity index (χ0n) is 10.3. The third-order valence-corrected chi connectivity index (χ3v) is 2.59. The van der Waals surface area contributed by atoms with Crippen LogP contribution in [0.4, 0.5) is 5.82 Å². The van der Waals surface area contributed by atoms with Crippen LogP contribution in [0.25, 0.3) is 0 Å². The lowest BCUT2D eigenvalue weighted by atomic mass is 10.2. The molecule has 0 aromatic carbocycles. The van der Waals surface area contributed by atoms with Crippen molar-refractivity contribution in [2.24, 2.45) is 0 Å². The largest absolute Gasteiger partial charge is 0.359 e. The Bertz CT molecular complexity index is 379.